The Kier molecular flexibility index (Phi) is 5.48. The van der Waals surface area contributed by atoms with E-state index in [-0.39, 0.29) is 5.91 Å². The number of benzene rings is 2. The molecule has 27 heavy (non-hydrogen) atoms. The number of thioether (sulfide) groups is 1. The Bertz CT molecular complexity index is 909. The largest absolute Gasteiger partial charge is 0.457 e. The van der Waals surface area contributed by atoms with E-state index in [1.165, 1.54) is 11.8 Å². The summed E-state index contributed by atoms with van der Waals surface area (Å²) in [4.78, 5) is 19.1. The number of amides is 1. The van der Waals surface area contributed by atoms with Crippen LogP contribution >= 0.6 is 23.4 Å². The molecule has 5 nitrogen and oxygen atoms in total. The van der Waals surface area contributed by atoms with Crippen LogP contribution in [0.4, 0.5) is 0 Å². The highest BCUT2D eigenvalue weighted by Crippen LogP contribution is 2.33. The molecular formula is C20H17ClN2O3S. The first-order chi connectivity index (χ1) is 13.2. The fourth-order valence-corrected chi connectivity index (χ4v) is 3.92. The number of para-hydroxylation sites is 1. The van der Waals surface area contributed by atoms with Gasteiger partial charge in [-0.1, -0.05) is 29.8 Å². The lowest BCUT2D eigenvalue weighted by molar-refractivity contribution is -0.113. The molecule has 138 valence electrons. The number of hydrogen-bond acceptors (Lipinski definition) is 5. The summed E-state index contributed by atoms with van der Waals surface area (Å²) in [5.74, 6) is 1.15. The first-order valence-corrected chi connectivity index (χ1v) is 9.76. The lowest BCUT2D eigenvalue weighted by atomic mass is 10.2. The summed E-state index contributed by atoms with van der Waals surface area (Å²) < 4.78 is 11.1. The van der Waals surface area contributed by atoms with Crippen molar-refractivity contribution in [3.63, 3.8) is 0 Å². The second kappa shape index (κ2) is 8.17. The van der Waals surface area contributed by atoms with E-state index in [1.807, 2.05) is 42.5 Å². The van der Waals surface area contributed by atoms with Crippen LogP contribution in [0.2, 0.25) is 5.02 Å². The summed E-state index contributed by atoms with van der Waals surface area (Å²) in [5, 5.41) is 1.25. The van der Waals surface area contributed by atoms with E-state index in [2.05, 4.69) is 9.89 Å². The van der Waals surface area contributed by atoms with Crippen LogP contribution in [0.3, 0.4) is 0 Å². The first kappa shape index (κ1) is 18.1. The molecule has 0 bridgehead atoms. The average Bonchev–Trinajstić information content (AvgIpc) is 3.06. The first-order valence-electron chi connectivity index (χ1n) is 8.57. The van der Waals surface area contributed by atoms with Gasteiger partial charge in [0.15, 0.2) is 5.17 Å². The molecule has 2 aromatic carbocycles. The van der Waals surface area contributed by atoms with Crippen LogP contribution in [0, 0.1) is 0 Å². The number of hydrogen-bond donors (Lipinski definition) is 0. The van der Waals surface area contributed by atoms with Crippen LogP contribution in [-0.4, -0.2) is 42.3 Å². The normalized spacial score (nSPS) is 18.7. The van der Waals surface area contributed by atoms with Crippen LogP contribution < -0.4 is 4.74 Å². The molecule has 1 amide bonds. The lowest BCUT2D eigenvalue weighted by Gasteiger charge is -2.27. The molecule has 2 aliphatic rings. The molecule has 1 saturated heterocycles. The van der Waals surface area contributed by atoms with Crippen molar-refractivity contribution in [1.29, 1.82) is 0 Å². The quantitative estimate of drug-likeness (QED) is 0.713. The van der Waals surface area contributed by atoms with Crippen molar-refractivity contribution in [3.8, 4) is 11.5 Å². The second-order valence-electron chi connectivity index (χ2n) is 6.01. The SMILES string of the molecule is O=C1N=C(N2CCOCC2)S/C1=C/c1ccc(Oc2ccccc2)cc1Cl. The molecule has 0 aliphatic carbocycles. The van der Waals surface area contributed by atoms with Gasteiger partial charge in [0.1, 0.15) is 11.5 Å². The van der Waals surface area contributed by atoms with E-state index in [0.29, 0.717) is 28.9 Å². The van der Waals surface area contributed by atoms with E-state index < -0.39 is 0 Å². The lowest BCUT2D eigenvalue weighted by Crippen LogP contribution is -2.38. The fraction of sp³-hybridized carbons (Fsp3) is 0.200. The third kappa shape index (κ3) is 4.35. The minimum atomic E-state index is -0.234. The third-order valence-electron chi connectivity index (χ3n) is 4.13. The van der Waals surface area contributed by atoms with Gasteiger partial charge in [-0.15, -0.1) is 0 Å². The zero-order valence-electron chi connectivity index (χ0n) is 14.4. The van der Waals surface area contributed by atoms with Crippen molar-refractivity contribution in [2.75, 3.05) is 26.3 Å². The second-order valence-corrected chi connectivity index (χ2v) is 7.42. The molecular weight excluding hydrogens is 384 g/mol. The van der Waals surface area contributed by atoms with Crippen molar-refractivity contribution in [3.05, 3.63) is 64.0 Å². The predicted octanol–water partition coefficient (Wildman–Crippen LogP) is 4.43. The maximum atomic E-state index is 12.2. The number of nitrogens with zero attached hydrogens (tertiary/aromatic N) is 2. The molecule has 1 fully saturated rings. The molecule has 0 atom stereocenters. The number of morpholine rings is 1. The van der Waals surface area contributed by atoms with Gasteiger partial charge in [0.2, 0.25) is 0 Å². The Morgan fingerprint density at radius 1 is 1.11 bits per heavy atom. The van der Waals surface area contributed by atoms with E-state index in [4.69, 9.17) is 21.1 Å². The fourth-order valence-electron chi connectivity index (χ4n) is 2.74. The molecule has 7 heteroatoms. The standard InChI is InChI=1S/C20H17ClN2O3S/c21-17-13-16(26-15-4-2-1-3-5-15)7-6-14(17)12-18-19(24)22-20(27-18)23-8-10-25-11-9-23/h1-7,12-13H,8-11H2/b18-12+. The molecule has 2 aliphatic heterocycles. The molecule has 0 aromatic heterocycles. The third-order valence-corrected chi connectivity index (χ3v) is 5.50. The summed E-state index contributed by atoms with van der Waals surface area (Å²) in [5.41, 5.74) is 0.756. The van der Waals surface area contributed by atoms with Crippen LogP contribution in [0.25, 0.3) is 6.08 Å². The zero-order chi connectivity index (χ0) is 18.6. The van der Waals surface area contributed by atoms with Gasteiger partial charge in [-0.25, -0.2) is 0 Å². The Morgan fingerprint density at radius 2 is 1.89 bits per heavy atom. The van der Waals surface area contributed by atoms with Crippen molar-refractivity contribution >= 4 is 40.5 Å². The van der Waals surface area contributed by atoms with E-state index >= 15 is 0 Å². The van der Waals surface area contributed by atoms with Crippen LogP contribution in [0.5, 0.6) is 11.5 Å². The Labute approximate surface area is 166 Å². The Morgan fingerprint density at radius 3 is 2.63 bits per heavy atom. The van der Waals surface area contributed by atoms with E-state index in [0.717, 1.165) is 29.6 Å². The molecule has 4 rings (SSSR count). The van der Waals surface area contributed by atoms with E-state index in [1.54, 1.807) is 12.1 Å². The highest BCUT2D eigenvalue weighted by molar-refractivity contribution is 8.18. The molecule has 0 radical (unpaired) electrons. The van der Waals surface area contributed by atoms with Crippen LogP contribution in [-0.2, 0) is 9.53 Å². The summed E-state index contributed by atoms with van der Waals surface area (Å²) in [6, 6.07) is 14.9. The highest BCUT2D eigenvalue weighted by atomic mass is 35.5. The van der Waals surface area contributed by atoms with Gasteiger partial charge < -0.3 is 14.4 Å². The smallest absolute Gasteiger partial charge is 0.286 e. The minimum Gasteiger partial charge on any atom is -0.457 e. The number of amidine groups is 1. The van der Waals surface area contributed by atoms with Crippen molar-refractivity contribution in [1.82, 2.24) is 4.90 Å². The Hall–Kier alpha value is -2.28. The van der Waals surface area contributed by atoms with Gasteiger partial charge in [-0.05, 0) is 53.7 Å². The average molecular weight is 401 g/mol. The van der Waals surface area contributed by atoms with Gasteiger partial charge in [-0.2, -0.15) is 4.99 Å². The van der Waals surface area contributed by atoms with Crippen molar-refractivity contribution in [2.24, 2.45) is 4.99 Å². The summed E-state index contributed by atoms with van der Waals surface area (Å²) in [6.07, 6.45) is 1.78. The zero-order valence-corrected chi connectivity index (χ0v) is 16.0. The van der Waals surface area contributed by atoms with Gasteiger partial charge in [0.05, 0.1) is 23.1 Å². The molecule has 0 saturated carbocycles. The summed E-state index contributed by atoms with van der Waals surface area (Å²) in [6.45, 7) is 2.81. The summed E-state index contributed by atoms with van der Waals surface area (Å²) in [7, 11) is 0. The summed E-state index contributed by atoms with van der Waals surface area (Å²) >= 11 is 7.78. The molecule has 0 spiro atoms. The minimum absolute atomic E-state index is 0.234. The molecule has 2 heterocycles. The van der Waals surface area contributed by atoms with Crippen molar-refractivity contribution in [2.45, 2.75) is 0 Å². The Balaban J connectivity index is 1.48. The van der Waals surface area contributed by atoms with Gasteiger partial charge in [-0.3, -0.25) is 4.79 Å². The molecule has 2 aromatic rings. The number of carbonyl (C=O) groups excluding carboxylic acids is 1. The molecule has 0 unspecified atom stereocenters. The number of aliphatic imine (C=N–C) groups is 1. The molecule has 0 N–H and O–H groups in total. The number of ether oxygens (including phenoxy) is 2. The topological polar surface area (TPSA) is 51.1 Å². The van der Waals surface area contributed by atoms with Gasteiger partial charge in [0.25, 0.3) is 5.91 Å². The van der Waals surface area contributed by atoms with Crippen LogP contribution in [0.1, 0.15) is 5.56 Å². The number of halogens is 1. The maximum Gasteiger partial charge on any atom is 0.286 e. The van der Waals surface area contributed by atoms with Crippen LogP contribution in [0.15, 0.2) is 58.4 Å². The number of carbonyl (C=O) groups is 1. The van der Waals surface area contributed by atoms with Crippen molar-refractivity contribution < 1.29 is 14.3 Å². The maximum absolute atomic E-state index is 12.2. The monoisotopic (exact) mass is 400 g/mol. The highest BCUT2D eigenvalue weighted by Gasteiger charge is 2.27. The van der Waals surface area contributed by atoms with E-state index in [9.17, 15) is 4.79 Å². The predicted molar refractivity (Wildman–Crippen MR) is 108 cm³/mol. The van der Waals surface area contributed by atoms with Gasteiger partial charge >= 0.3 is 0 Å². The number of rotatable bonds is 3. The van der Waals surface area contributed by atoms with Gasteiger partial charge in [0, 0.05) is 13.1 Å².